The van der Waals surface area contributed by atoms with Crippen LogP contribution in [0.2, 0.25) is 0 Å². The molecular weight excluding hydrogens is 212 g/mol. The van der Waals surface area contributed by atoms with Gasteiger partial charge in [0.25, 0.3) is 0 Å². The molecule has 1 aromatic carbocycles. The molecule has 0 aliphatic heterocycles. The van der Waals surface area contributed by atoms with Crippen LogP contribution < -0.4 is 11.1 Å². The molecule has 3 N–H and O–H groups in total. The van der Waals surface area contributed by atoms with Crippen molar-refractivity contribution >= 4 is 11.5 Å². The molecule has 1 unspecified atom stereocenters. The van der Waals surface area contributed by atoms with Crippen LogP contribution in [0.4, 0.5) is 11.5 Å². The molecule has 0 amide bonds. The molecule has 0 saturated carbocycles. The summed E-state index contributed by atoms with van der Waals surface area (Å²) < 4.78 is 1.71. The van der Waals surface area contributed by atoms with E-state index in [4.69, 9.17) is 5.73 Å². The van der Waals surface area contributed by atoms with E-state index >= 15 is 0 Å². The van der Waals surface area contributed by atoms with Gasteiger partial charge in [0.2, 0.25) is 0 Å². The van der Waals surface area contributed by atoms with Crippen molar-refractivity contribution in [3.05, 3.63) is 42.1 Å². The first-order valence-electron chi connectivity index (χ1n) is 5.74. The van der Waals surface area contributed by atoms with Crippen LogP contribution in [0.25, 0.3) is 0 Å². The second kappa shape index (κ2) is 4.91. The zero-order chi connectivity index (χ0) is 12.3. The van der Waals surface area contributed by atoms with Crippen LogP contribution in [-0.4, -0.2) is 16.3 Å². The van der Waals surface area contributed by atoms with Crippen molar-refractivity contribution in [2.24, 2.45) is 7.05 Å². The van der Waals surface area contributed by atoms with Crippen LogP contribution in [0.3, 0.4) is 0 Å². The highest BCUT2D eigenvalue weighted by molar-refractivity contribution is 5.59. The average Bonchev–Trinajstić information content (AvgIpc) is 2.66. The lowest BCUT2D eigenvalue weighted by Crippen LogP contribution is -2.11. The van der Waals surface area contributed by atoms with Gasteiger partial charge < -0.3 is 11.1 Å². The van der Waals surface area contributed by atoms with Crippen LogP contribution in [0.1, 0.15) is 18.4 Å². The minimum Gasteiger partial charge on any atom is -0.394 e. The molecule has 2 aromatic rings. The maximum atomic E-state index is 5.82. The molecule has 17 heavy (non-hydrogen) atoms. The van der Waals surface area contributed by atoms with Crippen molar-refractivity contribution in [3.8, 4) is 0 Å². The Balaban J connectivity index is 1.97. The second-order valence-electron chi connectivity index (χ2n) is 4.30. The van der Waals surface area contributed by atoms with Crippen LogP contribution in [-0.2, 0) is 7.05 Å². The number of anilines is 2. The molecule has 0 radical (unpaired) electrons. The molecule has 1 atom stereocenters. The van der Waals surface area contributed by atoms with Gasteiger partial charge in [0, 0.05) is 19.8 Å². The van der Waals surface area contributed by atoms with Crippen molar-refractivity contribution in [1.82, 2.24) is 9.78 Å². The molecule has 90 valence electrons. The van der Waals surface area contributed by atoms with E-state index in [9.17, 15) is 0 Å². The quantitative estimate of drug-likeness (QED) is 0.846. The average molecular weight is 230 g/mol. The Labute approximate surface area is 101 Å². The Morgan fingerprint density at radius 3 is 2.65 bits per heavy atom. The van der Waals surface area contributed by atoms with Gasteiger partial charge in [-0.15, -0.1) is 0 Å². The number of hydrogen-bond donors (Lipinski definition) is 2. The van der Waals surface area contributed by atoms with E-state index in [1.54, 1.807) is 10.9 Å². The Hall–Kier alpha value is -1.97. The summed E-state index contributed by atoms with van der Waals surface area (Å²) >= 11 is 0. The fourth-order valence-electron chi connectivity index (χ4n) is 1.79. The number of aromatic nitrogens is 2. The van der Waals surface area contributed by atoms with Gasteiger partial charge in [-0.05, 0) is 11.5 Å². The molecule has 0 spiro atoms. The first kappa shape index (κ1) is 11.5. The number of benzene rings is 1. The smallest absolute Gasteiger partial charge is 0.171 e. The van der Waals surface area contributed by atoms with Crippen LogP contribution >= 0.6 is 0 Å². The van der Waals surface area contributed by atoms with Gasteiger partial charge in [-0.1, -0.05) is 37.3 Å². The minimum absolute atomic E-state index is 0.428. The van der Waals surface area contributed by atoms with Gasteiger partial charge in [0.15, 0.2) is 5.82 Å². The van der Waals surface area contributed by atoms with E-state index < -0.39 is 0 Å². The van der Waals surface area contributed by atoms with Gasteiger partial charge in [0.05, 0.1) is 5.69 Å². The van der Waals surface area contributed by atoms with E-state index in [1.807, 2.05) is 13.1 Å². The van der Waals surface area contributed by atoms with Crippen molar-refractivity contribution in [3.63, 3.8) is 0 Å². The molecular formula is C13H18N4. The molecule has 0 aliphatic rings. The Kier molecular flexibility index (Phi) is 3.32. The number of aryl methyl sites for hydroxylation is 1. The SMILES string of the molecule is CC(CNc1nn(C)cc1N)c1ccccc1. The van der Waals surface area contributed by atoms with E-state index in [0.717, 1.165) is 12.4 Å². The Bertz CT molecular complexity index is 475. The number of nitrogens with zero attached hydrogens (tertiary/aromatic N) is 2. The zero-order valence-electron chi connectivity index (χ0n) is 10.2. The standard InChI is InChI=1S/C13H18N4/c1-10(11-6-4-3-5-7-11)8-15-13-12(14)9-17(2)16-13/h3-7,9-10H,8,14H2,1-2H3,(H,15,16). The second-order valence-corrected chi connectivity index (χ2v) is 4.30. The minimum atomic E-state index is 0.428. The van der Waals surface area contributed by atoms with Gasteiger partial charge in [-0.3, -0.25) is 4.68 Å². The van der Waals surface area contributed by atoms with Crippen molar-refractivity contribution < 1.29 is 0 Å². The van der Waals surface area contributed by atoms with E-state index in [1.165, 1.54) is 5.56 Å². The van der Waals surface area contributed by atoms with Crippen LogP contribution in [0.5, 0.6) is 0 Å². The molecule has 0 aliphatic carbocycles. The lowest BCUT2D eigenvalue weighted by molar-refractivity contribution is 0.757. The highest BCUT2D eigenvalue weighted by Gasteiger charge is 2.07. The summed E-state index contributed by atoms with van der Waals surface area (Å²) in [5.41, 5.74) is 7.82. The van der Waals surface area contributed by atoms with Crippen molar-refractivity contribution in [2.75, 3.05) is 17.6 Å². The Morgan fingerprint density at radius 1 is 1.35 bits per heavy atom. The first-order chi connectivity index (χ1) is 8.16. The fourth-order valence-corrected chi connectivity index (χ4v) is 1.79. The number of nitrogens with one attached hydrogen (secondary N) is 1. The predicted molar refractivity (Wildman–Crippen MR) is 71.0 cm³/mol. The zero-order valence-corrected chi connectivity index (χ0v) is 10.2. The lowest BCUT2D eigenvalue weighted by atomic mass is 10.0. The topological polar surface area (TPSA) is 55.9 Å². The molecule has 0 bridgehead atoms. The van der Waals surface area contributed by atoms with E-state index in [2.05, 4.69) is 41.6 Å². The summed E-state index contributed by atoms with van der Waals surface area (Å²) in [6.45, 7) is 3.01. The molecule has 4 nitrogen and oxygen atoms in total. The van der Waals surface area contributed by atoms with Crippen LogP contribution in [0.15, 0.2) is 36.5 Å². The third-order valence-electron chi connectivity index (χ3n) is 2.80. The molecule has 0 fully saturated rings. The molecule has 2 rings (SSSR count). The predicted octanol–water partition coefficient (Wildman–Crippen LogP) is 2.22. The number of nitrogens with two attached hydrogens (primary N) is 1. The number of nitrogen functional groups attached to an aromatic ring is 1. The summed E-state index contributed by atoms with van der Waals surface area (Å²) in [5.74, 6) is 1.19. The van der Waals surface area contributed by atoms with E-state index in [-0.39, 0.29) is 0 Å². The highest BCUT2D eigenvalue weighted by Crippen LogP contribution is 2.18. The lowest BCUT2D eigenvalue weighted by Gasteiger charge is -2.12. The highest BCUT2D eigenvalue weighted by atomic mass is 15.3. The third kappa shape index (κ3) is 2.78. The van der Waals surface area contributed by atoms with Gasteiger partial charge in [-0.25, -0.2) is 0 Å². The largest absolute Gasteiger partial charge is 0.394 e. The summed E-state index contributed by atoms with van der Waals surface area (Å²) in [4.78, 5) is 0. The van der Waals surface area contributed by atoms with Crippen LogP contribution in [0, 0.1) is 0 Å². The molecule has 1 heterocycles. The van der Waals surface area contributed by atoms with Crippen molar-refractivity contribution in [1.29, 1.82) is 0 Å². The number of hydrogen-bond acceptors (Lipinski definition) is 3. The third-order valence-corrected chi connectivity index (χ3v) is 2.80. The maximum Gasteiger partial charge on any atom is 0.171 e. The maximum absolute atomic E-state index is 5.82. The van der Waals surface area contributed by atoms with Gasteiger partial charge in [0.1, 0.15) is 0 Å². The van der Waals surface area contributed by atoms with Gasteiger partial charge >= 0.3 is 0 Å². The summed E-state index contributed by atoms with van der Waals surface area (Å²) in [7, 11) is 1.86. The summed E-state index contributed by atoms with van der Waals surface area (Å²) in [5, 5.41) is 7.53. The van der Waals surface area contributed by atoms with Gasteiger partial charge in [-0.2, -0.15) is 5.10 Å². The van der Waals surface area contributed by atoms with E-state index in [0.29, 0.717) is 11.6 Å². The summed E-state index contributed by atoms with van der Waals surface area (Å²) in [6, 6.07) is 10.4. The molecule has 4 heteroatoms. The number of rotatable bonds is 4. The summed E-state index contributed by atoms with van der Waals surface area (Å²) in [6.07, 6.45) is 1.80. The molecule has 0 saturated heterocycles. The molecule has 1 aromatic heterocycles. The first-order valence-corrected chi connectivity index (χ1v) is 5.74. The monoisotopic (exact) mass is 230 g/mol. The Morgan fingerprint density at radius 2 is 2.06 bits per heavy atom. The normalized spacial score (nSPS) is 12.4. The fraction of sp³-hybridized carbons (Fsp3) is 0.308. The van der Waals surface area contributed by atoms with Crippen molar-refractivity contribution in [2.45, 2.75) is 12.8 Å².